The van der Waals surface area contributed by atoms with Crippen molar-refractivity contribution in [1.82, 2.24) is 20.8 Å². The highest BCUT2D eigenvalue weighted by atomic mass is 19.4. The Hall–Kier alpha value is -2.78. The molecular weight excluding hydrogens is 339 g/mol. The summed E-state index contributed by atoms with van der Waals surface area (Å²) in [6.07, 6.45) is -4.35. The first kappa shape index (κ1) is 18.6. The second kappa shape index (κ2) is 8.36. The molecule has 0 saturated carbocycles. The van der Waals surface area contributed by atoms with Gasteiger partial charge in [-0.05, 0) is 17.7 Å². The molecule has 25 heavy (non-hydrogen) atoms. The first-order valence-electron chi connectivity index (χ1n) is 7.38. The van der Waals surface area contributed by atoms with Crippen molar-refractivity contribution >= 4 is 5.96 Å². The molecule has 7 nitrogen and oxygen atoms in total. The predicted molar refractivity (Wildman–Crippen MR) is 84.1 cm³/mol. The quantitative estimate of drug-likeness (QED) is 0.609. The first-order valence-corrected chi connectivity index (χ1v) is 7.38. The molecule has 0 radical (unpaired) electrons. The minimum atomic E-state index is -4.35. The molecule has 0 aliphatic heterocycles. The van der Waals surface area contributed by atoms with Crippen LogP contribution in [-0.4, -0.2) is 35.9 Å². The van der Waals surface area contributed by atoms with Gasteiger partial charge in [-0.25, -0.2) is 0 Å². The lowest BCUT2D eigenvalue weighted by molar-refractivity contribution is -0.153. The van der Waals surface area contributed by atoms with Crippen LogP contribution in [0.15, 0.2) is 33.8 Å². The molecule has 0 aliphatic carbocycles. The SMILES string of the molecule is CN=C(NCc1ccc(OCC(F)(F)F)cc1)NCc1noc(C)n1. The highest BCUT2D eigenvalue weighted by Gasteiger charge is 2.28. The molecule has 0 bridgehead atoms. The smallest absolute Gasteiger partial charge is 0.422 e. The zero-order valence-electron chi connectivity index (χ0n) is 13.7. The number of alkyl halides is 3. The summed E-state index contributed by atoms with van der Waals surface area (Å²) in [6.45, 7) is 1.17. The second-order valence-electron chi connectivity index (χ2n) is 5.06. The van der Waals surface area contributed by atoms with E-state index in [-0.39, 0.29) is 5.75 Å². The van der Waals surface area contributed by atoms with E-state index >= 15 is 0 Å². The van der Waals surface area contributed by atoms with E-state index in [1.54, 1.807) is 26.1 Å². The Bertz CT molecular complexity index is 698. The number of hydrogen-bond acceptors (Lipinski definition) is 5. The van der Waals surface area contributed by atoms with Crippen molar-refractivity contribution in [3.05, 3.63) is 41.5 Å². The zero-order chi connectivity index (χ0) is 18.3. The molecule has 10 heteroatoms. The van der Waals surface area contributed by atoms with Gasteiger partial charge in [-0.1, -0.05) is 17.3 Å². The fourth-order valence-corrected chi connectivity index (χ4v) is 1.85. The van der Waals surface area contributed by atoms with E-state index in [0.29, 0.717) is 30.8 Å². The van der Waals surface area contributed by atoms with E-state index in [1.165, 1.54) is 12.1 Å². The van der Waals surface area contributed by atoms with Crippen LogP contribution >= 0.6 is 0 Å². The Balaban J connectivity index is 1.78. The van der Waals surface area contributed by atoms with Gasteiger partial charge in [-0.3, -0.25) is 4.99 Å². The summed E-state index contributed by atoms with van der Waals surface area (Å²) >= 11 is 0. The van der Waals surface area contributed by atoms with E-state index in [4.69, 9.17) is 4.52 Å². The van der Waals surface area contributed by atoms with Gasteiger partial charge in [0, 0.05) is 20.5 Å². The van der Waals surface area contributed by atoms with Crippen LogP contribution in [0.4, 0.5) is 13.2 Å². The average Bonchev–Trinajstić information content (AvgIpc) is 2.99. The lowest BCUT2D eigenvalue weighted by Gasteiger charge is -2.12. The standard InChI is InChI=1S/C15H18F3N5O2/c1-10-22-13(23-25-10)8-21-14(19-2)20-7-11-3-5-12(6-4-11)24-9-15(16,17)18/h3-6H,7-9H2,1-2H3,(H2,19,20,21). The summed E-state index contributed by atoms with van der Waals surface area (Å²) in [7, 11) is 1.62. The molecule has 2 N–H and O–H groups in total. The number of nitrogens with zero attached hydrogens (tertiary/aromatic N) is 3. The number of benzene rings is 1. The fraction of sp³-hybridized carbons (Fsp3) is 0.400. The Morgan fingerprint density at radius 1 is 1.20 bits per heavy atom. The van der Waals surface area contributed by atoms with Crippen molar-refractivity contribution in [2.24, 2.45) is 4.99 Å². The average molecular weight is 357 g/mol. The number of aromatic nitrogens is 2. The van der Waals surface area contributed by atoms with Gasteiger partial charge in [0.25, 0.3) is 0 Å². The van der Waals surface area contributed by atoms with E-state index in [2.05, 4.69) is 30.5 Å². The number of nitrogens with one attached hydrogen (secondary N) is 2. The summed E-state index contributed by atoms with van der Waals surface area (Å²) in [6, 6.07) is 6.32. The Morgan fingerprint density at radius 2 is 1.88 bits per heavy atom. The normalized spacial score (nSPS) is 12.1. The van der Waals surface area contributed by atoms with E-state index < -0.39 is 12.8 Å². The molecule has 0 spiro atoms. The summed E-state index contributed by atoms with van der Waals surface area (Å²) in [4.78, 5) is 8.12. The maximum atomic E-state index is 12.1. The molecule has 2 aromatic rings. The largest absolute Gasteiger partial charge is 0.484 e. The molecule has 1 heterocycles. The maximum absolute atomic E-state index is 12.1. The Morgan fingerprint density at radius 3 is 2.44 bits per heavy atom. The van der Waals surface area contributed by atoms with Crippen LogP contribution in [-0.2, 0) is 13.1 Å². The van der Waals surface area contributed by atoms with Crippen LogP contribution in [0.5, 0.6) is 5.75 Å². The number of guanidine groups is 1. The van der Waals surface area contributed by atoms with Gasteiger partial charge in [0.05, 0.1) is 6.54 Å². The number of ether oxygens (including phenoxy) is 1. The van der Waals surface area contributed by atoms with Gasteiger partial charge in [-0.2, -0.15) is 18.2 Å². The third-order valence-electron chi connectivity index (χ3n) is 2.99. The Kier molecular flexibility index (Phi) is 6.20. The first-order chi connectivity index (χ1) is 11.9. The van der Waals surface area contributed by atoms with Gasteiger partial charge in [-0.15, -0.1) is 0 Å². The maximum Gasteiger partial charge on any atom is 0.422 e. The van der Waals surface area contributed by atoms with E-state index in [0.717, 1.165) is 5.56 Å². The molecule has 1 aromatic carbocycles. The van der Waals surface area contributed by atoms with Crippen molar-refractivity contribution in [1.29, 1.82) is 0 Å². The van der Waals surface area contributed by atoms with Crippen LogP contribution in [0.3, 0.4) is 0 Å². The number of halogens is 3. The third-order valence-corrected chi connectivity index (χ3v) is 2.99. The Labute approximate surface area is 142 Å². The molecule has 0 aliphatic rings. The molecule has 0 atom stereocenters. The lowest BCUT2D eigenvalue weighted by atomic mass is 10.2. The molecule has 0 amide bonds. The van der Waals surface area contributed by atoms with Crippen molar-refractivity contribution in [2.45, 2.75) is 26.2 Å². The van der Waals surface area contributed by atoms with Gasteiger partial charge in [0.1, 0.15) is 5.75 Å². The summed E-state index contributed by atoms with van der Waals surface area (Å²) < 4.78 is 45.8. The minimum absolute atomic E-state index is 0.163. The van der Waals surface area contributed by atoms with Gasteiger partial charge >= 0.3 is 6.18 Å². The minimum Gasteiger partial charge on any atom is -0.484 e. The molecule has 0 saturated heterocycles. The number of aliphatic imine (C=N–C) groups is 1. The predicted octanol–water partition coefficient (Wildman–Crippen LogP) is 2.18. The molecule has 136 valence electrons. The number of aryl methyl sites for hydroxylation is 1. The monoisotopic (exact) mass is 357 g/mol. The highest BCUT2D eigenvalue weighted by molar-refractivity contribution is 5.79. The van der Waals surface area contributed by atoms with Crippen LogP contribution in [0.1, 0.15) is 17.3 Å². The molecule has 2 rings (SSSR count). The third kappa shape index (κ3) is 6.69. The number of rotatable bonds is 6. The molecular formula is C15H18F3N5O2. The van der Waals surface area contributed by atoms with Crippen molar-refractivity contribution in [2.75, 3.05) is 13.7 Å². The van der Waals surface area contributed by atoms with Gasteiger partial charge in [0.2, 0.25) is 5.89 Å². The highest BCUT2D eigenvalue weighted by Crippen LogP contribution is 2.18. The summed E-state index contributed by atoms with van der Waals surface area (Å²) in [5, 5.41) is 9.85. The van der Waals surface area contributed by atoms with E-state index in [9.17, 15) is 13.2 Å². The van der Waals surface area contributed by atoms with Crippen LogP contribution < -0.4 is 15.4 Å². The lowest BCUT2D eigenvalue weighted by Crippen LogP contribution is -2.36. The summed E-state index contributed by atoms with van der Waals surface area (Å²) in [5.74, 6) is 1.68. The zero-order valence-corrected chi connectivity index (χ0v) is 13.7. The van der Waals surface area contributed by atoms with Crippen LogP contribution in [0, 0.1) is 6.92 Å². The van der Waals surface area contributed by atoms with Crippen LogP contribution in [0.25, 0.3) is 0 Å². The van der Waals surface area contributed by atoms with Gasteiger partial charge in [0.15, 0.2) is 18.4 Å². The summed E-state index contributed by atoms with van der Waals surface area (Å²) in [5.41, 5.74) is 0.859. The van der Waals surface area contributed by atoms with Crippen molar-refractivity contribution in [3.63, 3.8) is 0 Å². The fourth-order valence-electron chi connectivity index (χ4n) is 1.85. The molecule has 0 fully saturated rings. The van der Waals surface area contributed by atoms with Crippen molar-refractivity contribution in [3.8, 4) is 5.75 Å². The number of hydrogen-bond donors (Lipinski definition) is 2. The molecule has 0 unspecified atom stereocenters. The second-order valence-corrected chi connectivity index (χ2v) is 5.06. The molecule has 1 aromatic heterocycles. The van der Waals surface area contributed by atoms with E-state index in [1.807, 2.05) is 0 Å². The topological polar surface area (TPSA) is 84.6 Å². The van der Waals surface area contributed by atoms with Gasteiger partial charge < -0.3 is 19.9 Å². The van der Waals surface area contributed by atoms with Crippen LogP contribution in [0.2, 0.25) is 0 Å². The van der Waals surface area contributed by atoms with Crippen molar-refractivity contribution < 1.29 is 22.4 Å².